The summed E-state index contributed by atoms with van der Waals surface area (Å²) in [6.07, 6.45) is 0. The Hall–Kier alpha value is -3.54. The molecule has 0 atom stereocenters. The molecule has 2 rings (SSSR count). The van der Waals surface area contributed by atoms with Gasteiger partial charge in [-0.1, -0.05) is 0 Å². The van der Waals surface area contributed by atoms with E-state index in [1.165, 1.54) is 0 Å². The number of carbonyl (C=O) groups is 1. The predicted molar refractivity (Wildman–Crippen MR) is 94.9 cm³/mol. The number of nitro benzene ring substituents is 2. The third-order valence-corrected chi connectivity index (χ3v) is 3.23. The highest BCUT2D eigenvalue weighted by molar-refractivity contribution is 7.80. The van der Waals surface area contributed by atoms with Crippen LogP contribution in [0.3, 0.4) is 0 Å². The Morgan fingerprint density at radius 1 is 1.00 bits per heavy atom. The molecule has 1 aromatic carbocycles. The summed E-state index contributed by atoms with van der Waals surface area (Å²) in [7, 11) is 0. The SMILES string of the molecule is Cc1cc(C)nc(NC(=S)NC(=O)c2cc([N+](=O)[O-])cc([N+](=O)[O-])c2)n1. The number of hydrogen-bond acceptors (Lipinski definition) is 8. The van der Waals surface area contributed by atoms with Crippen molar-refractivity contribution in [2.45, 2.75) is 13.8 Å². The number of hydrogen-bond donors (Lipinski definition) is 2. The molecule has 0 fully saturated rings. The molecule has 2 N–H and O–H groups in total. The van der Waals surface area contributed by atoms with Gasteiger partial charge in [-0.05, 0) is 32.1 Å². The lowest BCUT2D eigenvalue weighted by molar-refractivity contribution is -0.394. The van der Waals surface area contributed by atoms with Gasteiger partial charge in [-0.2, -0.15) is 0 Å². The smallest absolute Gasteiger partial charge is 0.277 e. The number of nitro groups is 2. The average molecular weight is 376 g/mol. The van der Waals surface area contributed by atoms with Crippen molar-refractivity contribution >= 4 is 40.6 Å². The van der Waals surface area contributed by atoms with E-state index in [0.29, 0.717) is 11.4 Å². The van der Waals surface area contributed by atoms with Crippen LogP contribution in [0.25, 0.3) is 0 Å². The number of aryl methyl sites for hydroxylation is 2. The van der Waals surface area contributed by atoms with Crippen LogP contribution in [0.5, 0.6) is 0 Å². The summed E-state index contributed by atoms with van der Waals surface area (Å²) in [5, 5.41) is 26.5. The van der Waals surface area contributed by atoms with E-state index in [9.17, 15) is 25.0 Å². The maximum Gasteiger partial charge on any atom is 0.277 e. The second-order valence-corrected chi connectivity index (χ2v) is 5.54. The Morgan fingerprint density at radius 3 is 1.96 bits per heavy atom. The molecule has 12 heteroatoms. The van der Waals surface area contributed by atoms with Crippen molar-refractivity contribution in [1.29, 1.82) is 0 Å². The molecule has 26 heavy (non-hydrogen) atoms. The van der Waals surface area contributed by atoms with Gasteiger partial charge in [0.15, 0.2) is 5.11 Å². The molecule has 0 aliphatic heterocycles. The van der Waals surface area contributed by atoms with Crippen LogP contribution in [0.4, 0.5) is 17.3 Å². The van der Waals surface area contributed by atoms with Gasteiger partial charge in [-0.3, -0.25) is 30.3 Å². The van der Waals surface area contributed by atoms with Crippen LogP contribution < -0.4 is 10.6 Å². The van der Waals surface area contributed by atoms with E-state index < -0.39 is 27.1 Å². The van der Waals surface area contributed by atoms with Gasteiger partial charge in [-0.15, -0.1) is 0 Å². The molecule has 0 spiro atoms. The van der Waals surface area contributed by atoms with Crippen molar-refractivity contribution in [3.63, 3.8) is 0 Å². The summed E-state index contributed by atoms with van der Waals surface area (Å²) < 4.78 is 0. The molecule has 0 radical (unpaired) electrons. The van der Waals surface area contributed by atoms with E-state index in [2.05, 4.69) is 20.6 Å². The molecular weight excluding hydrogens is 364 g/mol. The van der Waals surface area contributed by atoms with E-state index in [0.717, 1.165) is 18.2 Å². The van der Waals surface area contributed by atoms with E-state index in [4.69, 9.17) is 12.2 Å². The van der Waals surface area contributed by atoms with Crippen LogP contribution >= 0.6 is 12.2 Å². The van der Waals surface area contributed by atoms with Gasteiger partial charge in [0.1, 0.15) is 0 Å². The summed E-state index contributed by atoms with van der Waals surface area (Å²) in [4.78, 5) is 40.5. The molecular formula is C14H12N6O5S. The van der Waals surface area contributed by atoms with Gasteiger partial charge in [0.25, 0.3) is 17.3 Å². The Morgan fingerprint density at radius 2 is 1.50 bits per heavy atom. The maximum absolute atomic E-state index is 12.2. The molecule has 1 amide bonds. The van der Waals surface area contributed by atoms with Crippen LogP contribution in [0, 0.1) is 34.1 Å². The van der Waals surface area contributed by atoms with E-state index in [1.807, 2.05) is 0 Å². The van der Waals surface area contributed by atoms with Crippen LogP contribution in [0.2, 0.25) is 0 Å². The number of benzene rings is 1. The predicted octanol–water partition coefficient (Wildman–Crippen LogP) is 2.04. The minimum Gasteiger partial charge on any atom is -0.301 e. The molecule has 0 saturated carbocycles. The number of aromatic nitrogens is 2. The molecule has 0 bridgehead atoms. The number of nitrogens with one attached hydrogen (secondary N) is 2. The van der Waals surface area contributed by atoms with Crippen molar-refractivity contribution < 1.29 is 14.6 Å². The summed E-state index contributed by atoms with van der Waals surface area (Å²) in [5.74, 6) is -0.684. The topological polar surface area (TPSA) is 153 Å². The summed E-state index contributed by atoms with van der Waals surface area (Å²) >= 11 is 4.98. The number of non-ortho nitro benzene ring substituents is 2. The van der Waals surface area contributed by atoms with Gasteiger partial charge in [0.2, 0.25) is 5.95 Å². The van der Waals surface area contributed by atoms with Gasteiger partial charge >= 0.3 is 0 Å². The molecule has 1 heterocycles. The molecule has 0 unspecified atom stereocenters. The quantitative estimate of drug-likeness (QED) is 0.463. The Labute approximate surface area is 151 Å². The first kappa shape index (κ1) is 18.8. The Balaban J connectivity index is 2.19. The summed E-state index contributed by atoms with van der Waals surface area (Å²) in [6.45, 7) is 3.51. The van der Waals surface area contributed by atoms with E-state index in [1.54, 1.807) is 19.9 Å². The zero-order chi connectivity index (χ0) is 19.4. The van der Waals surface area contributed by atoms with Gasteiger partial charge in [-0.25, -0.2) is 9.97 Å². The number of carbonyl (C=O) groups excluding carboxylic acids is 1. The zero-order valence-corrected chi connectivity index (χ0v) is 14.4. The fourth-order valence-corrected chi connectivity index (χ4v) is 2.21. The fourth-order valence-electron chi connectivity index (χ4n) is 2.03. The standard InChI is InChI=1S/C14H12N6O5S/c1-7-3-8(2)16-13(15-7)18-14(26)17-12(21)9-4-10(19(22)23)6-11(5-9)20(24)25/h3-6H,1-2H3,(H2,15,16,17,18,21,26). The normalized spacial score (nSPS) is 10.1. The second-order valence-electron chi connectivity index (χ2n) is 5.13. The van der Waals surface area contributed by atoms with Gasteiger partial charge in [0.05, 0.1) is 21.5 Å². The van der Waals surface area contributed by atoms with Crippen molar-refractivity contribution in [2.75, 3.05) is 5.32 Å². The van der Waals surface area contributed by atoms with Gasteiger partial charge in [0, 0.05) is 23.5 Å². The highest BCUT2D eigenvalue weighted by atomic mass is 32.1. The van der Waals surface area contributed by atoms with E-state index >= 15 is 0 Å². The zero-order valence-electron chi connectivity index (χ0n) is 13.5. The summed E-state index contributed by atoms with van der Waals surface area (Å²) in [6, 6.07) is 4.34. The molecule has 2 aromatic rings. The lowest BCUT2D eigenvalue weighted by atomic mass is 10.1. The van der Waals surface area contributed by atoms with E-state index in [-0.39, 0.29) is 16.6 Å². The van der Waals surface area contributed by atoms with Crippen LogP contribution in [-0.2, 0) is 0 Å². The molecule has 1 aromatic heterocycles. The number of thiocarbonyl (C=S) groups is 1. The number of anilines is 1. The molecule has 0 aliphatic carbocycles. The average Bonchev–Trinajstić information content (AvgIpc) is 2.52. The van der Waals surface area contributed by atoms with Crippen molar-refractivity contribution in [1.82, 2.24) is 15.3 Å². The first-order chi connectivity index (χ1) is 12.2. The molecule has 134 valence electrons. The number of rotatable bonds is 4. The molecule has 0 saturated heterocycles. The van der Waals surface area contributed by atoms with Crippen molar-refractivity contribution in [3.8, 4) is 0 Å². The first-order valence-corrected chi connectivity index (χ1v) is 7.45. The minimum absolute atomic E-state index is 0.158. The highest BCUT2D eigenvalue weighted by Crippen LogP contribution is 2.22. The van der Waals surface area contributed by atoms with Crippen molar-refractivity contribution in [2.24, 2.45) is 0 Å². The van der Waals surface area contributed by atoms with Crippen LogP contribution in [0.1, 0.15) is 21.7 Å². The third kappa shape index (κ3) is 4.73. The monoisotopic (exact) mass is 376 g/mol. The van der Waals surface area contributed by atoms with Crippen molar-refractivity contribution in [3.05, 3.63) is 61.4 Å². The highest BCUT2D eigenvalue weighted by Gasteiger charge is 2.20. The molecule has 0 aliphatic rings. The minimum atomic E-state index is -0.848. The Bertz CT molecular complexity index is 880. The fraction of sp³-hybridized carbons (Fsp3) is 0.143. The van der Waals surface area contributed by atoms with Gasteiger partial charge < -0.3 is 5.32 Å². The second kappa shape index (κ2) is 7.57. The number of nitrogens with zero attached hydrogens (tertiary/aromatic N) is 4. The number of amides is 1. The molecule has 11 nitrogen and oxygen atoms in total. The maximum atomic E-state index is 12.2. The largest absolute Gasteiger partial charge is 0.301 e. The third-order valence-electron chi connectivity index (χ3n) is 3.02. The Kier molecular flexibility index (Phi) is 5.47. The summed E-state index contributed by atoms with van der Waals surface area (Å²) in [5.41, 5.74) is -0.0787. The lowest BCUT2D eigenvalue weighted by Crippen LogP contribution is -2.34. The lowest BCUT2D eigenvalue weighted by Gasteiger charge is -2.09. The van der Waals surface area contributed by atoms with Crippen LogP contribution in [0.15, 0.2) is 24.3 Å². The first-order valence-electron chi connectivity index (χ1n) is 7.04. The van der Waals surface area contributed by atoms with Crippen LogP contribution in [-0.4, -0.2) is 30.8 Å².